The quantitative estimate of drug-likeness (QED) is 0.920. The van der Waals surface area contributed by atoms with Gasteiger partial charge in [-0.25, -0.2) is 4.39 Å². The van der Waals surface area contributed by atoms with Gasteiger partial charge in [0.05, 0.1) is 5.69 Å². The summed E-state index contributed by atoms with van der Waals surface area (Å²) in [5.74, 6) is -0.512. The minimum atomic E-state index is -0.248. The number of benzene rings is 2. The molecular weight excluding hydrogens is 333 g/mol. The number of hydrogen-bond acceptors (Lipinski definition) is 3. The minimum absolute atomic E-state index is 0.0553. The molecule has 2 aromatic carbocycles. The Morgan fingerprint density at radius 3 is 2.58 bits per heavy atom. The van der Waals surface area contributed by atoms with Crippen LogP contribution in [-0.2, 0) is 4.79 Å². The Balaban J connectivity index is 1.72. The van der Waals surface area contributed by atoms with Gasteiger partial charge in [0.15, 0.2) is 0 Å². The standard InChI is InChI=1S/C20H22FN3O2/c1-14-13-23(19-9-4-3-8-18(19)21)10-11-24(14)20(26)16-6-5-7-17(12-16)22-15(2)25/h3-9,12,14H,10-11,13H2,1-2H3,(H,22,25). The monoisotopic (exact) mass is 355 g/mol. The number of carbonyl (C=O) groups is 2. The summed E-state index contributed by atoms with van der Waals surface area (Å²) in [5, 5.41) is 2.69. The number of carbonyl (C=O) groups excluding carboxylic acids is 2. The molecule has 1 N–H and O–H groups in total. The van der Waals surface area contributed by atoms with Gasteiger partial charge >= 0.3 is 0 Å². The third-order valence-electron chi connectivity index (χ3n) is 4.51. The van der Waals surface area contributed by atoms with Gasteiger partial charge in [-0.2, -0.15) is 0 Å². The molecule has 1 fully saturated rings. The number of amides is 2. The molecule has 0 radical (unpaired) electrons. The van der Waals surface area contributed by atoms with Crippen LogP contribution in [0.3, 0.4) is 0 Å². The average Bonchev–Trinajstić information content (AvgIpc) is 2.61. The Morgan fingerprint density at radius 2 is 1.88 bits per heavy atom. The van der Waals surface area contributed by atoms with E-state index in [1.807, 2.05) is 17.9 Å². The van der Waals surface area contributed by atoms with E-state index >= 15 is 0 Å². The highest BCUT2D eigenvalue weighted by Crippen LogP contribution is 2.23. The predicted octanol–water partition coefficient (Wildman–Crippen LogP) is 3.14. The van der Waals surface area contributed by atoms with Crippen molar-refractivity contribution in [3.63, 3.8) is 0 Å². The summed E-state index contributed by atoms with van der Waals surface area (Å²) in [6.07, 6.45) is 0. The topological polar surface area (TPSA) is 52.7 Å². The molecule has 1 aliphatic heterocycles. The van der Waals surface area contributed by atoms with Crippen LogP contribution in [0.4, 0.5) is 15.8 Å². The molecule has 1 heterocycles. The highest BCUT2D eigenvalue weighted by molar-refractivity contribution is 5.97. The second-order valence-electron chi connectivity index (χ2n) is 6.51. The number of piperazine rings is 1. The SMILES string of the molecule is CC(=O)Nc1cccc(C(=O)N2CCN(c3ccccc3F)CC2C)c1. The Bertz CT molecular complexity index is 824. The lowest BCUT2D eigenvalue weighted by Gasteiger charge is -2.41. The van der Waals surface area contributed by atoms with Crippen molar-refractivity contribution in [3.05, 3.63) is 59.9 Å². The summed E-state index contributed by atoms with van der Waals surface area (Å²) < 4.78 is 14.0. The van der Waals surface area contributed by atoms with Gasteiger partial charge in [-0.05, 0) is 37.3 Å². The van der Waals surface area contributed by atoms with Crippen molar-refractivity contribution in [2.45, 2.75) is 19.9 Å². The maximum Gasteiger partial charge on any atom is 0.254 e. The molecular formula is C20H22FN3O2. The van der Waals surface area contributed by atoms with E-state index in [0.29, 0.717) is 36.6 Å². The second-order valence-corrected chi connectivity index (χ2v) is 6.51. The molecule has 2 aromatic rings. The summed E-state index contributed by atoms with van der Waals surface area (Å²) in [6.45, 7) is 5.04. The van der Waals surface area contributed by atoms with Crippen LogP contribution in [0.15, 0.2) is 48.5 Å². The van der Waals surface area contributed by atoms with Crippen molar-refractivity contribution in [2.24, 2.45) is 0 Å². The molecule has 1 saturated heterocycles. The van der Waals surface area contributed by atoms with E-state index in [-0.39, 0.29) is 23.7 Å². The van der Waals surface area contributed by atoms with Crippen LogP contribution in [0.25, 0.3) is 0 Å². The molecule has 0 saturated carbocycles. The molecule has 0 aliphatic carbocycles. The Kier molecular flexibility index (Phi) is 5.21. The lowest BCUT2D eigenvalue weighted by Crippen LogP contribution is -2.54. The molecule has 0 aromatic heterocycles. The van der Waals surface area contributed by atoms with Crippen LogP contribution in [0.1, 0.15) is 24.2 Å². The highest BCUT2D eigenvalue weighted by atomic mass is 19.1. The molecule has 5 nitrogen and oxygen atoms in total. The van der Waals surface area contributed by atoms with E-state index in [1.165, 1.54) is 13.0 Å². The average molecular weight is 355 g/mol. The highest BCUT2D eigenvalue weighted by Gasteiger charge is 2.29. The first-order chi connectivity index (χ1) is 12.5. The first-order valence-corrected chi connectivity index (χ1v) is 8.64. The molecule has 2 amide bonds. The fourth-order valence-corrected chi connectivity index (χ4v) is 3.29. The summed E-state index contributed by atoms with van der Waals surface area (Å²) in [7, 11) is 0. The van der Waals surface area contributed by atoms with Crippen LogP contribution in [0.2, 0.25) is 0 Å². The molecule has 26 heavy (non-hydrogen) atoms. The largest absolute Gasteiger partial charge is 0.365 e. The van der Waals surface area contributed by atoms with E-state index in [9.17, 15) is 14.0 Å². The van der Waals surface area contributed by atoms with Gasteiger partial charge in [0, 0.05) is 43.9 Å². The molecule has 0 spiro atoms. The van der Waals surface area contributed by atoms with Crippen molar-refractivity contribution < 1.29 is 14.0 Å². The zero-order valence-corrected chi connectivity index (χ0v) is 14.9. The lowest BCUT2D eigenvalue weighted by atomic mass is 10.1. The van der Waals surface area contributed by atoms with Crippen LogP contribution in [0, 0.1) is 5.82 Å². The van der Waals surface area contributed by atoms with Gasteiger partial charge in [-0.3, -0.25) is 9.59 Å². The Morgan fingerprint density at radius 1 is 1.12 bits per heavy atom. The maximum absolute atomic E-state index is 14.0. The molecule has 3 rings (SSSR count). The first-order valence-electron chi connectivity index (χ1n) is 8.64. The van der Waals surface area contributed by atoms with Crippen molar-refractivity contribution in [3.8, 4) is 0 Å². The molecule has 1 atom stereocenters. The van der Waals surface area contributed by atoms with Gasteiger partial charge in [0.1, 0.15) is 5.82 Å². The number of halogens is 1. The summed E-state index contributed by atoms with van der Waals surface area (Å²) in [4.78, 5) is 27.8. The predicted molar refractivity (Wildman–Crippen MR) is 99.9 cm³/mol. The van der Waals surface area contributed by atoms with Crippen LogP contribution >= 0.6 is 0 Å². The van der Waals surface area contributed by atoms with Crippen molar-refractivity contribution in [2.75, 3.05) is 29.9 Å². The zero-order chi connectivity index (χ0) is 18.7. The number of nitrogens with one attached hydrogen (secondary N) is 1. The number of hydrogen-bond donors (Lipinski definition) is 1. The van der Waals surface area contributed by atoms with Crippen molar-refractivity contribution in [1.82, 2.24) is 4.90 Å². The van der Waals surface area contributed by atoms with E-state index < -0.39 is 0 Å². The zero-order valence-electron chi connectivity index (χ0n) is 14.9. The van der Waals surface area contributed by atoms with Crippen LogP contribution in [-0.4, -0.2) is 42.4 Å². The van der Waals surface area contributed by atoms with E-state index in [4.69, 9.17) is 0 Å². The maximum atomic E-state index is 14.0. The summed E-state index contributed by atoms with van der Waals surface area (Å²) in [5.41, 5.74) is 1.70. The third kappa shape index (κ3) is 3.85. The fourth-order valence-electron chi connectivity index (χ4n) is 3.29. The van der Waals surface area contributed by atoms with E-state index in [0.717, 1.165) is 0 Å². The van der Waals surface area contributed by atoms with Crippen LogP contribution in [0.5, 0.6) is 0 Å². The van der Waals surface area contributed by atoms with Gasteiger partial charge in [0.25, 0.3) is 5.91 Å². The Hall–Kier alpha value is -2.89. The molecule has 1 unspecified atom stereocenters. The van der Waals surface area contributed by atoms with Gasteiger partial charge in [-0.1, -0.05) is 18.2 Å². The van der Waals surface area contributed by atoms with E-state index in [1.54, 1.807) is 41.3 Å². The van der Waals surface area contributed by atoms with E-state index in [2.05, 4.69) is 5.32 Å². The summed E-state index contributed by atoms with van der Waals surface area (Å²) in [6, 6.07) is 13.6. The number of rotatable bonds is 3. The molecule has 1 aliphatic rings. The minimum Gasteiger partial charge on any atom is -0.365 e. The van der Waals surface area contributed by atoms with Crippen molar-refractivity contribution in [1.29, 1.82) is 0 Å². The van der Waals surface area contributed by atoms with Crippen LogP contribution < -0.4 is 10.2 Å². The third-order valence-corrected chi connectivity index (χ3v) is 4.51. The van der Waals surface area contributed by atoms with Crippen molar-refractivity contribution >= 4 is 23.2 Å². The Labute approximate surface area is 152 Å². The second kappa shape index (κ2) is 7.56. The number of nitrogens with zero attached hydrogens (tertiary/aromatic N) is 2. The fraction of sp³-hybridized carbons (Fsp3) is 0.300. The van der Waals surface area contributed by atoms with Gasteiger partial charge in [0.2, 0.25) is 5.91 Å². The normalized spacial score (nSPS) is 17.1. The number of para-hydroxylation sites is 1. The summed E-state index contributed by atoms with van der Waals surface area (Å²) >= 11 is 0. The lowest BCUT2D eigenvalue weighted by molar-refractivity contribution is -0.114. The number of anilines is 2. The molecule has 0 bridgehead atoms. The first kappa shape index (κ1) is 17.9. The molecule has 136 valence electrons. The van der Waals surface area contributed by atoms with Gasteiger partial charge < -0.3 is 15.1 Å². The smallest absolute Gasteiger partial charge is 0.254 e. The van der Waals surface area contributed by atoms with Gasteiger partial charge in [-0.15, -0.1) is 0 Å². The molecule has 6 heteroatoms.